The Kier molecular flexibility index (Phi) is 6.54. The number of imidazole rings is 1. The molecule has 0 bridgehead atoms. The number of benzene rings is 2. The molecular weight excluding hydrogens is 510 g/mol. The molecule has 0 aliphatic rings. The van der Waals surface area contributed by atoms with Gasteiger partial charge in [-0.15, -0.1) is 0 Å². The highest BCUT2D eigenvalue weighted by Gasteiger charge is 2.20. The lowest BCUT2D eigenvalue weighted by Gasteiger charge is -2.11. The van der Waals surface area contributed by atoms with Gasteiger partial charge in [0.05, 0.1) is 17.8 Å². The van der Waals surface area contributed by atoms with E-state index in [1.807, 2.05) is 0 Å². The van der Waals surface area contributed by atoms with Gasteiger partial charge in [-0.3, -0.25) is 18.5 Å². The second kappa shape index (κ2) is 9.23. The van der Waals surface area contributed by atoms with Gasteiger partial charge in [-0.1, -0.05) is 58.5 Å². The quantitative estimate of drug-likeness (QED) is 0.306. The van der Waals surface area contributed by atoms with Crippen LogP contribution in [0.2, 0.25) is 20.1 Å². The monoisotopic (exact) mass is 524 g/mol. The van der Waals surface area contributed by atoms with E-state index in [-0.39, 0.29) is 23.7 Å². The zero-order valence-corrected chi connectivity index (χ0v) is 20.3. The number of nitrogens with zero attached hydrogens (tertiary/aromatic N) is 5. The molecule has 2 heterocycles. The lowest BCUT2D eigenvalue weighted by Crippen LogP contribution is -2.37. The van der Waals surface area contributed by atoms with Crippen molar-refractivity contribution >= 4 is 69.7 Å². The van der Waals surface area contributed by atoms with Crippen LogP contribution in [0.15, 0.2) is 51.1 Å². The highest BCUT2D eigenvalue weighted by Crippen LogP contribution is 2.25. The molecule has 8 nitrogen and oxygen atoms in total. The summed E-state index contributed by atoms with van der Waals surface area (Å²) in [4.78, 5) is 29.8. The van der Waals surface area contributed by atoms with Gasteiger partial charge in [0.25, 0.3) is 5.56 Å². The number of rotatable bonds is 5. The Morgan fingerprint density at radius 3 is 2.30 bits per heavy atom. The van der Waals surface area contributed by atoms with Crippen molar-refractivity contribution in [2.24, 2.45) is 19.2 Å². The van der Waals surface area contributed by atoms with Crippen molar-refractivity contribution in [3.63, 3.8) is 0 Å². The molecule has 170 valence electrons. The maximum absolute atomic E-state index is 13.0. The summed E-state index contributed by atoms with van der Waals surface area (Å²) in [6.07, 6.45) is 1.49. The van der Waals surface area contributed by atoms with Crippen molar-refractivity contribution in [3.05, 3.63) is 88.5 Å². The molecule has 4 aromatic rings. The Labute approximate surface area is 207 Å². The number of hydrogen-bond donors (Lipinski definition) is 1. The van der Waals surface area contributed by atoms with E-state index in [2.05, 4.69) is 15.5 Å². The van der Waals surface area contributed by atoms with Gasteiger partial charge in [-0.2, -0.15) is 10.1 Å². The maximum Gasteiger partial charge on any atom is 0.332 e. The first-order valence-electron chi connectivity index (χ1n) is 9.51. The SMILES string of the molecule is Cn1c(=O)c2c(nc(N/N=C/c3ccc(Cl)cc3Cl)n2Cc2ccc(Cl)cc2Cl)n(C)c1=O. The molecule has 12 heteroatoms. The van der Waals surface area contributed by atoms with E-state index in [4.69, 9.17) is 46.4 Å². The Bertz CT molecular complexity index is 1540. The van der Waals surface area contributed by atoms with Crippen molar-refractivity contribution in [3.8, 4) is 0 Å². The number of halogens is 4. The molecule has 0 atom stereocenters. The molecule has 0 unspecified atom stereocenters. The van der Waals surface area contributed by atoms with Crippen LogP contribution in [-0.4, -0.2) is 24.9 Å². The molecule has 33 heavy (non-hydrogen) atoms. The second-order valence-electron chi connectivity index (χ2n) is 7.17. The van der Waals surface area contributed by atoms with E-state index in [0.29, 0.717) is 31.2 Å². The molecule has 0 radical (unpaired) electrons. The minimum Gasteiger partial charge on any atom is -0.298 e. The largest absolute Gasteiger partial charge is 0.332 e. The summed E-state index contributed by atoms with van der Waals surface area (Å²) in [5, 5.41) is 6.04. The molecule has 0 aliphatic heterocycles. The summed E-state index contributed by atoms with van der Waals surface area (Å²) in [6.45, 7) is 0.180. The van der Waals surface area contributed by atoms with Crippen molar-refractivity contribution in [2.75, 3.05) is 5.43 Å². The van der Waals surface area contributed by atoms with E-state index >= 15 is 0 Å². The smallest absolute Gasteiger partial charge is 0.298 e. The Balaban J connectivity index is 1.84. The van der Waals surface area contributed by atoms with Crippen LogP contribution < -0.4 is 16.7 Å². The lowest BCUT2D eigenvalue weighted by molar-refractivity contribution is 0.702. The molecule has 0 spiro atoms. The fourth-order valence-electron chi connectivity index (χ4n) is 3.27. The number of hydrogen-bond acceptors (Lipinski definition) is 5. The first-order chi connectivity index (χ1) is 15.7. The standard InChI is InChI=1S/C21H16Cl4N6O2/c1-29-18-17(19(32)30(2)21(29)33)31(10-12-4-6-14(23)8-16(12)25)20(27-18)28-26-9-11-3-5-13(22)7-15(11)24/h3-9H,10H2,1-2H3,(H,27,28)/b26-9+. The molecule has 1 N–H and O–H groups in total. The first kappa shape index (κ1) is 23.4. The van der Waals surface area contributed by atoms with Gasteiger partial charge >= 0.3 is 5.69 Å². The summed E-state index contributed by atoms with van der Waals surface area (Å²) in [5.74, 6) is 0.232. The molecule has 2 aromatic carbocycles. The van der Waals surface area contributed by atoms with Gasteiger partial charge < -0.3 is 0 Å². The minimum absolute atomic E-state index is 0.180. The van der Waals surface area contributed by atoms with Crippen LogP contribution >= 0.6 is 46.4 Å². The molecule has 0 aliphatic carbocycles. The summed E-state index contributed by atoms with van der Waals surface area (Å²) in [6, 6.07) is 10.1. The zero-order valence-electron chi connectivity index (χ0n) is 17.3. The van der Waals surface area contributed by atoms with Crippen LogP contribution in [-0.2, 0) is 20.6 Å². The van der Waals surface area contributed by atoms with Crippen LogP contribution in [0.1, 0.15) is 11.1 Å². The van der Waals surface area contributed by atoms with Gasteiger partial charge in [0.15, 0.2) is 11.2 Å². The molecule has 0 saturated carbocycles. The third-order valence-corrected chi connectivity index (χ3v) is 6.17. The van der Waals surface area contributed by atoms with E-state index in [9.17, 15) is 9.59 Å². The van der Waals surface area contributed by atoms with Crippen LogP contribution in [0.3, 0.4) is 0 Å². The van der Waals surface area contributed by atoms with Gasteiger partial charge in [-0.05, 0) is 29.8 Å². The summed E-state index contributed by atoms with van der Waals surface area (Å²) < 4.78 is 3.92. The topological polar surface area (TPSA) is 86.2 Å². The number of hydrazone groups is 1. The molecule has 2 aromatic heterocycles. The van der Waals surface area contributed by atoms with Crippen LogP contribution in [0, 0.1) is 0 Å². The summed E-state index contributed by atoms with van der Waals surface area (Å²) >= 11 is 24.5. The zero-order chi connectivity index (χ0) is 23.9. The Morgan fingerprint density at radius 1 is 0.970 bits per heavy atom. The predicted molar refractivity (Wildman–Crippen MR) is 133 cm³/mol. The normalized spacial score (nSPS) is 11.6. The number of aromatic nitrogens is 4. The predicted octanol–water partition coefficient (Wildman–Crippen LogP) is 4.54. The first-order valence-corrected chi connectivity index (χ1v) is 11.0. The number of anilines is 1. The molecule has 0 saturated heterocycles. The van der Waals surface area contributed by atoms with Gasteiger partial charge in [-0.25, -0.2) is 10.2 Å². The third kappa shape index (κ3) is 4.52. The van der Waals surface area contributed by atoms with Crippen LogP contribution in [0.4, 0.5) is 5.95 Å². The van der Waals surface area contributed by atoms with Crippen molar-refractivity contribution < 1.29 is 0 Å². The second-order valence-corrected chi connectivity index (χ2v) is 8.86. The van der Waals surface area contributed by atoms with E-state index in [1.54, 1.807) is 41.0 Å². The van der Waals surface area contributed by atoms with Gasteiger partial charge in [0.2, 0.25) is 5.95 Å². The van der Waals surface area contributed by atoms with Crippen LogP contribution in [0.5, 0.6) is 0 Å². The number of nitrogens with one attached hydrogen (secondary N) is 1. The van der Waals surface area contributed by atoms with Crippen molar-refractivity contribution in [1.29, 1.82) is 0 Å². The average Bonchev–Trinajstić information content (AvgIpc) is 3.12. The van der Waals surface area contributed by atoms with Crippen LogP contribution in [0.25, 0.3) is 11.2 Å². The lowest BCUT2D eigenvalue weighted by atomic mass is 10.2. The number of aryl methyl sites for hydroxylation is 1. The fraction of sp³-hybridized carbons (Fsp3) is 0.143. The van der Waals surface area contributed by atoms with Crippen molar-refractivity contribution in [2.45, 2.75) is 6.54 Å². The van der Waals surface area contributed by atoms with Crippen molar-refractivity contribution in [1.82, 2.24) is 18.7 Å². The molecule has 4 rings (SSSR count). The average molecular weight is 526 g/mol. The van der Waals surface area contributed by atoms with Gasteiger partial charge in [0.1, 0.15) is 0 Å². The third-order valence-electron chi connectivity index (χ3n) is 5.02. The fourth-order valence-corrected chi connectivity index (χ4v) is 4.20. The van der Waals surface area contributed by atoms with E-state index in [0.717, 1.165) is 4.57 Å². The van der Waals surface area contributed by atoms with Gasteiger partial charge in [0, 0.05) is 34.7 Å². The minimum atomic E-state index is -0.497. The highest BCUT2D eigenvalue weighted by atomic mass is 35.5. The van der Waals surface area contributed by atoms with E-state index < -0.39 is 11.2 Å². The Morgan fingerprint density at radius 2 is 1.64 bits per heavy atom. The number of fused-ring (bicyclic) bond motifs is 1. The maximum atomic E-state index is 13.0. The highest BCUT2D eigenvalue weighted by molar-refractivity contribution is 6.36. The summed E-state index contributed by atoms with van der Waals surface area (Å²) in [7, 11) is 2.95. The molecular formula is C21H16Cl4N6O2. The molecule has 0 amide bonds. The molecule has 0 fully saturated rings. The Hall–Kier alpha value is -2.78. The van der Waals surface area contributed by atoms with E-state index in [1.165, 1.54) is 24.9 Å². The summed E-state index contributed by atoms with van der Waals surface area (Å²) in [5.41, 5.74) is 3.59.